The van der Waals surface area contributed by atoms with Crippen molar-refractivity contribution in [1.82, 2.24) is 0 Å². The van der Waals surface area contributed by atoms with Crippen molar-refractivity contribution in [3.8, 4) is 11.5 Å². The molecule has 1 aliphatic rings. The van der Waals surface area contributed by atoms with E-state index in [0.29, 0.717) is 13.0 Å². The van der Waals surface area contributed by atoms with Crippen molar-refractivity contribution in [1.29, 1.82) is 0 Å². The van der Waals surface area contributed by atoms with Gasteiger partial charge in [-0.15, -0.1) is 11.8 Å². The highest BCUT2D eigenvalue weighted by Crippen LogP contribution is 2.35. The van der Waals surface area contributed by atoms with E-state index in [9.17, 15) is 0 Å². The number of hydrogen-bond acceptors (Lipinski definition) is 7. The fourth-order valence-electron chi connectivity index (χ4n) is 5.39. The molecule has 0 heterocycles. The Labute approximate surface area is 281 Å². The maximum absolute atomic E-state index is 6.61. The van der Waals surface area contributed by atoms with Crippen LogP contribution in [0.25, 0.3) is 0 Å². The summed E-state index contributed by atoms with van der Waals surface area (Å²) in [7, 11) is 3.35. The van der Waals surface area contributed by atoms with Crippen LogP contribution in [0, 0.1) is 0 Å². The van der Waals surface area contributed by atoms with Gasteiger partial charge in [-0.2, -0.15) is 0 Å². The summed E-state index contributed by atoms with van der Waals surface area (Å²) in [5.74, 6) is 2.45. The highest BCUT2D eigenvalue weighted by Gasteiger charge is 2.29. The zero-order valence-corrected chi connectivity index (χ0v) is 27.5. The van der Waals surface area contributed by atoms with Crippen LogP contribution in [0.4, 0.5) is 28.4 Å². The van der Waals surface area contributed by atoms with E-state index in [0.717, 1.165) is 51.4 Å². The second-order valence-corrected chi connectivity index (χ2v) is 12.2. The van der Waals surface area contributed by atoms with E-state index in [4.69, 9.17) is 14.2 Å². The minimum absolute atomic E-state index is 0.565. The monoisotopic (exact) mass is 641 g/mol. The quantitative estimate of drug-likeness (QED) is 0.0711. The van der Waals surface area contributed by atoms with E-state index >= 15 is 0 Å². The Hall–Kier alpha value is -5.11. The molecule has 1 unspecified atom stereocenters. The van der Waals surface area contributed by atoms with Gasteiger partial charge in [0.1, 0.15) is 11.5 Å². The lowest BCUT2D eigenvalue weighted by Crippen LogP contribution is -2.41. The summed E-state index contributed by atoms with van der Waals surface area (Å²) in [6, 6.07) is 45.5. The van der Waals surface area contributed by atoms with Gasteiger partial charge in [0.2, 0.25) is 0 Å². The van der Waals surface area contributed by atoms with E-state index < -0.39 is 5.72 Å². The predicted octanol–water partition coefficient (Wildman–Crippen LogP) is 10.0. The maximum Gasteiger partial charge on any atom is 0.161 e. The van der Waals surface area contributed by atoms with E-state index in [1.54, 1.807) is 26.0 Å². The van der Waals surface area contributed by atoms with Gasteiger partial charge in [-0.25, -0.2) is 0 Å². The fourth-order valence-corrected chi connectivity index (χ4v) is 6.12. The summed E-state index contributed by atoms with van der Waals surface area (Å²) < 4.78 is 17.3. The van der Waals surface area contributed by atoms with Crippen molar-refractivity contribution in [3.05, 3.63) is 157 Å². The molecule has 0 radical (unpaired) electrons. The molecule has 0 aliphatic heterocycles. The number of para-hydroxylation sites is 2. The SMILES string of the molecule is COc1ccc(NC2=CCC(Nc3ccc(OC)cc3)(OCCSc3ccc(N(c4ccccc4)c4ccccc4)cc3)C=C2)cc1. The number of nitrogens with one attached hydrogen (secondary N) is 2. The van der Waals surface area contributed by atoms with E-state index in [1.165, 1.54) is 4.90 Å². The van der Waals surface area contributed by atoms with E-state index in [-0.39, 0.29) is 0 Å². The molecule has 6 rings (SSSR count). The first-order chi connectivity index (χ1) is 23.1. The van der Waals surface area contributed by atoms with Crippen molar-refractivity contribution in [2.24, 2.45) is 0 Å². The normalized spacial score (nSPS) is 15.4. The third kappa shape index (κ3) is 8.38. The van der Waals surface area contributed by atoms with Gasteiger partial charge >= 0.3 is 0 Å². The molecule has 0 aromatic heterocycles. The summed E-state index contributed by atoms with van der Waals surface area (Å²) in [5, 5.41) is 7.11. The van der Waals surface area contributed by atoms with Crippen molar-refractivity contribution in [2.75, 3.05) is 42.1 Å². The molecule has 2 N–H and O–H groups in total. The van der Waals surface area contributed by atoms with Crippen LogP contribution < -0.4 is 25.0 Å². The minimum Gasteiger partial charge on any atom is -0.497 e. The van der Waals surface area contributed by atoms with Crippen LogP contribution in [0.5, 0.6) is 11.5 Å². The maximum atomic E-state index is 6.61. The van der Waals surface area contributed by atoms with Gasteiger partial charge in [-0.1, -0.05) is 42.5 Å². The van der Waals surface area contributed by atoms with Crippen molar-refractivity contribution in [2.45, 2.75) is 17.0 Å². The Morgan fingerprint density at radius 2 is 1.21 bits per heavy atom. The number of allylic oxidation sites excluding steroid dienone is 1. The molecular weight excluding hydrogens is 603 g/mol. The Morgan fingerprint density at radius 3 is 1.74 bits per heavy atom. The summed E-state index contributed by atoms with van der Waals surface area (Å²) in [6.07, 6.45) is 6.99. The molecule has 5 aromatic carbocycles. The molecular formula is C40H39N3O3S. The molecule has 0 saturated heterocycles. The van der Waals surface area contributed by atoms with Gasteiger partial charge < -0.3 is 29.7 Å². The first kappa shape index (κ1) is 31.9. The average Bonchev–Trinajstić information content (AvgIpc) is 3.13. The topological polar surface area (TPSA) is 55.0 Å². The molecule has 0 amide bonds. The third-order valence-electron chi connectivity index (χ3n) is 7.82. The smallest absolute Gasteiger partial charge is 0.161 e. The van der Waals surface area contributed by atoms with Gasteiger partial charge in [0.25, 0.3) is 0 Å². The van der Waals surface area contributed by atoms with Gasteiger partial charge in [0.05, 0.1) is 20.8 Å². The molecule has 0 bridgehead atoms. The van der Waals surface area contributed by atoms with Crippen molar-refractivity contribution < 1.29 is 14.2 Å². The lowest BCUT2D eigenvalue weighted by molar-refractivity contribution is 0.0241. The fraction of sp³-hybridized carbons (Fsp3) is 0.150. The molecule has 47 heavy (non-hydrogen) atoms. The highest BCUT2D eigenvalue weighted by molar-refractivity contribution is 7.99. The average molecular weight is 642 g/mol. The van der Waals surface area contributed by atoms with E-state index in [2.05, 4.69) is 107 Å². The number of hydrogen-bond donors (Lipinski definition) is 2. The second-order valence-electron chi connectivity index (χ2n) is 11.0. The van der Waals surface area contributed by atoms with Crippen LogP contribution in [0.1, 0.15) is 6.42 Å². The summed E-state index contributed by atoms with van der Waals surface area (Å²) >= 11 is 1.79. The number of rotatable bonds is 14. The molecule has 5 aromatic rings. The van der Waals surface area contributed by atoms with Crippen LogP contribution in [0.2, 0.25) is 0 Å². The number of anilines is 5. The van der Waals surface area contributed by atoms with Crippen LogP contribution in [-0.4, -0.2) is 32.3 Å². The summed E-state index contributed by atoms with van der Waals surface area (Å²) in [5.41, 5.74) is 5.65. The number of thioether (sulfide) groups is 1. The van der Waals surface area contributed by atoms with Crippen LogP contribution in [-0.2, 0) is 4.74 Å². The van der Waals surface area contributed by atoms with Crippen LogP contribution >= 0.6 is 11.8 Å². The molecule has 7 heteroatoms. The first-order valence-corrected chi connectivity index (χ1v) is 16.6. The molecule has 0 saturated carbocycles. The molecule has 238 valence electrons. The predicted molar refractivity (Wildman–Crippen MR) is 196 cm³/mol. The van der Waals surface area contributed by atoms with Crippen LogP contribution in [0.3, 0.4) is 0 Å². The van der Waals surface area contributed by atoms with Crippen LogP contribution in [0.15, 0.2) is 162 Å². The molecule has 1 atom stereocenters. The Bertz CT molecular complexity index is 1720. The van der Waals surface area contributed by atoms with Crippen molar-refractivity contribution in [3.63, 3.8) is 0 Å². The summed E-state index contributed by atoms with van der Waals surface area (Å²) in [4.78, 5) is 3.47. The lowest BCUT2D eigenvalue weighted by Gasteiger charge is -2.34. The highest BCUT2D eigenvalue weighted by atomic mass is 32.2. The zero-order chi connectivity index (χ0) is 32.3. The number of methoxy groups -OCH3 is 2. The minimum atomic E-state index is -0.685. The summed E-state index contributed by atoms with van der Waals surface area (Å²) in [6.45, 7) is 0.565. The van der Waals surface area contributed by atoms with Gasteiger partial charge in [-0.05, 0) is 109 Å². The Morgan fingerprint density at radius 1 is 0.660 bits per heavy atom. The number of ether oxygens (including phenoxy) is 3. The third-order valence-corrected chi connectivity index (χ3v) is 8.79. The first-order valence-electron chi connectivity index (χ1n) is 15.6. The number of benzene rings is 5. The Balaban J connectivity index is 1.10. The van der Waals surface area contributed by atoms with Gasteiger partial charge in [0, 0.05) is 51.2 Å². The largest absolute Gasteiger partial charge is 0.497 e. The Kier molecular flexibility index (Phi) is 10.5. The van der Waals surface area contributed by atoms with E-state index in [1.807, 2.05) is 60.7 Å². The molecule has 6 nitrogen and oxygen atoms in total. The molecule has 0 fully saturated rings. The van der Waals surface area contributed by atoms with Gasteiger partial charge in [0.15, 0.2) is 5.72 Å². The lowest BCUT2D eigenvalue weighted by atomic mass is 10.0. The van der Waals surface area contributed by atoms with Gasteiger partial charge in [-0.3, -0.25) is 0 Å². The zero-order valence-electron chi connectivity index (χ0n) is 26.6. The molecule has 0 spiro atoms. The molecule has 1 aliphatic carbocycles. The number of nitrogens with zero attached hydrogens (tertiary/aromatic N) is 1. The standard InChI is InChI=1S/C40H39N3O3S/c1-44-37-19-13-31(14-20-37)41-32-25-27-40(28-26-32,42-33-15-21-38(45-2)22-16-33)46-29-30-47-39-23-17-36(18-24-39)43(34-9-5-3-6-10-34)35-11-7-4-8-12-35/h3-27,41-42H,28-30H2,1-2H3. The van der Waals surface area contributed by atoms with Crippen molar-refractivity contribution >= 4 is 40.2 Å². The second kappa shape index (κ2) is 15.5.